The topological polar surface area (TPSA) is 125 Å². The number of aliphatic carboxylic acids is 1. The summed E-state index contributed by atoms with van der Waals surface area (Å²) in [5, 5.41) is 15.2. The summed E-state index contributed by atoms with van der Waals surface area (Å²) in [6.07, 6.45) is -1.00. The number of alkyl halides is 2. The summed E-state index contributed by atoms with van der Waals surface area (Å²) in [7, 11) is 0. The van der Waals surface area contributed by atoms with E-state index in [1.165, 1.54) is 18.3 Å². The number of H-pyrrole nitrogens is 1. The van der Waals surface area contributed by atoms with Crippen LogP contribution in [0.25, 0.3) is 0 Å². The lowest BCUT2D eigenvalue weighted by molar-refractivity contribution is -0.132. The zero-order valence-electron chi connectivity index (χ0n) is 15.6. The van der Waals surface area contributed by atoms with Gasteiger partial charge < -0.3 is 15.7 Å². The smallest absolute Gasteiger partial charge is 0.352 e. The van der Waals surface area contributed by atoms with Gasteiger partial charge in [0.05, 0.1) is 18.4 Å². The van der Waals surface area contributed by atoms with Crippen molar-refractivity contribution < 1.29 is 18.7 Å². The van der Waals surface area contributed by atoms with Gasteiger partial charge in [-0.2, -0.15) is 5.10 Å². The molecule has 0 atom stereocenters. The van der Waals surface area contributed by atoms with Gasteiger partial charge >= 0.3 is 5.97 Å². The number of halogens is 3. The number of aromatic amines is 1. The number of hydrogen-bond donors (Lipinski definition) is 3. The number of rotatable bonds is 5. The number of piperidine rings is 1. The van der Waals surface area contributed by atoms with Crippen molar-refractivity contribution in [2.75, 3.05) is 18.0 Å². The molecule has 0 spiro atoms. The normalized spacial score (nSPS) is 17.5. The first-order valence-electron chi connectivity index (χ1n) is 8.89. The molecule has 11 heteroatoms. The van der Waals surface area contributed by atoms with Gasteiger partial charge in [0.15, 0.2) is 0 Å². The molecule has 3 rings (SSSR count). The number of hydrogen-bond acceptors (Lipinski definition) is 6. The van der Waals surface area contributed by atoms with E-state index in [-0.39, 0.29) is 35.7 Å². The Balaban J connectivity index is 1.94. The predicted molar refractivity (Wildman–Crippen MR) is 108 cm³/mol. The van der Waals surface area contributed by atoms with Crippen LogP contribution in [0.4, 0.5) is 14.5 Å². The van der Waals surface area contributed by atoms with Crippen molar-refractivity contribution in [3.63, 3.8) is 0 Å². The standard InChI is InChI=1S/C19H18ClF2N5O3/c20-15-14(8-25-26-18(15)28)27-6-5-13(12(9-27)16(23)19(29)30)24-7-10-3-1-2-4-11(10)17(21)22/h1-4,8,17H,5-7,9,23H2,(H,26,28)(H,29,30). The number of carbonyl (C=O) groups is 1. The molecular formula is C19H18ClF2N5O3. The maximum absolute atomic E-state index is 13.2. The van der Waals surface area contributed by atoms with Gasteiger partial charge in [0.2, 0.25) is 0 Å². The molecule has 2 heterocycles. The highest BCUT2D eigenvalue weighted by atomic mass is 35.5. The van der Waals surface area contributed by atoms with E-state index in [9.17, 15) is 23.5 Å². The van der Waals surface area contributed by atoms with Crippen LogP contribution in [-0.2, 0) is 11.3 Å². The second kappa shape index (κ2) is 9.04. The van der Waals surface area contributed by atoms with Crippen molar-refractivity contribution in [2.24, 2.45) is 10.7 Å². The van der Waals surface area contributed by atoms with E-state index < -0.39 is 23.7 Å². The van der Waals surface area contributed by atoms with E-state index in [1.807, 2.05) is 0 Å². The predicted octanol–water partition coefficient (Wildman–Crippen LogP) is 2.51. The molecule has 2 aromatic rings. The molecule has 1 aliphatic heterocycles. The van der Waals surface area contributed by atoms with Crippen LogP contribution in [0.15, 0.2) is 51.5 Å². The summed E-state index contributed by atoms with van der Waals surface area (Å²) < 4.78 is 26.4. The summed E-state index contributed by atoms with van der Waals surface area (Å²) in [4.78, 5) is 29.3. The van der Waals surface area contributed by atoms with Crippen LogP contribution in [0.5, 0.6) is 0 Å². The number of nitrogens with two attached hydrogens (primary N) is 1. The largest absolute Gasteiger partial charge is 0.477 e. The third-order valence-electron chi connectivity index (χ3n) is 4.72. The summed E-state index contributed by atoms with van der Waals surface area (Å²) >= 11 is 6.05. The van der Waals surface area contributed by atoms with Crippen LogP contribution < -0.4 is 16.2 Å². The Morgan fingerprint density at radius 1 is 1.40 bits per heavy atom. The highest BCUT2D eigenvalue weighted by Gasteiger charge is 2.27. The third kappa shape index (κ3) is 4.48. The van der Waals surface area contributed by atoms with Crippen molar-refractivity contribution >= 4 is 29.0 Å². The van der Waals surface area contributed by atoms with Crippen molar-refractivity contribution in [3.05, 3.63) is 68.2 Å². The van der Waals surface area contributed by atoms with Crippen LogP contribution in [0.1, 0.15) is 24.0 Å². The second-order valence-corrected chi connectivity index (χ2v) is 6.91. The minimum atomic E-state index is -2.65. The Labute approximate surface area is 174 Å². The number of anilines is 1. The maximum Gasteiger partial charge on any atom is 0.352 e. The van der Waals surface area contributed by atoms with E-state index >= 15 is 0 Å². The SMILES string of the molecule is NC(C(=O)O)=C1CN(c2cn[nH]c(=O)c2Cl)CCC1=NCc1ccccc1C(F)F. The average molecular weight is 438 g/mol. The lowest BCUT2D eigenvalue weighted by Gasteiger charge is -2.32. The van der Waals surface area contributed by atoms with Gasteiger partial charge in [-0.15, -0.1) is 0 Å². The molecule has 0 amide bonds. The Morgan fingerprint density at radius 3 is 2.83 bits per heavy atom. The number of benzene rings is 1. The average Bonchev–Trinajstić information content (AvgIpc) is 2.73. The molecule has 0 saturated carbocycles. The van der Waals surface area contributed by atoms with E-state index in [4.69, 9.17) is 17.3 Å². The van der Waals surface area contributed by atoms with Crippen LogP contribution in [0.3, 0.4) is 0 Å². The summed E-state index contributed by atoms with van der Waals surface area (Å²) in [5.74, 6) is -1.33. The highest BCUT2D eigenvalue weighted by Crippen LogP contribution is 2.27. The number of aromatic nitrogens is 2. The van der Waals surface area contributed by atoms with Gasteiger partial charge in [0.1, 0.15) is 10.7 Å². The van der Waals surface area contributed by atoms with Gasteiger partial charge in [-0.25, -0.2) is 18.7 Å². The molecule has 0 bridgehead atoms. The summed E-state index contributed by atoms with van der Waals surface area (Å²) in [6, 6.07) is 6.03. The quantitative estimate of drug-likeness (QED) is 0.617. The highest BCUT2D eigenvalue weighted by molar-refractivity contribution is 6.33. The molecule has 1 aromatic carbocycles. The first-order valence-corrected chi connectivity index (χ1v) is 9.27. The van der Waals surface area contributed by atoms with Crippen LogP contribution in [-0.4, -0.2) is 40.1 Å². The third-order valence-corrected chi connectivity index (χ3v) is 5.08. The van der Waals surface area contributed by atoms with Gasteiger partial charge in [-0.1, -0.05) is 35.9 Å². The van der Waals surface area contributed by atoms with Crippen molar-refractivity contribution in [1.29, 1.82) is 0 Å². The van der Waals surface area contributed by atoms with Crippen molar-refractivity contribution in [3.8, 4) is 0 Å². The minimum absolute atomic E-state index is 0.0261. The van der Waals surface area contributed by atoms with E-state index in [0.29, 0.717) is 23.5 Å². The van der Waals surface area contributed by atoms with E-state index in [0.717, 1.165) is 0 Å². The Morgan fingerprint density at radius 2 is 2.13 bits per heavy atom. The van der Waals surface area contributed by atoms with Gasteiger partial charge in [-0.05, 0) is 5.56 Å². The monoisotopic (exact) mass is 437 g/mol. The first kappa shape index (κ1) is 21.4. The van der Waals surface area contributed by atoms with E-state index in [2.05, 4.69) is 15.2 Å². The lowest BCUT2D eigenvalue weighted by atomic mass is 9.99. The van der Waals surface area contributed by atoms with Crippen LogP contribution >= 0.6 is 11.6 Å². The molecule has 30 heavy (non-hydrogen) atoms. The first-order chi connectivity index (χ1) is 14.3. The number of nitrogens with one attached hydrogen (secondary N) is 1. The minimum Gasteiger partial charge on any atom is -0.477 e. The Kier molecular flexibility index (Phi) is 6.46. The van der Waals surface area contributed by atoms with Crippen LogP contribution in [0.2, 0.25) is 5.02 Å². The Hall–Kier alpha value is -3.27. The van der Waals surface area contributed by atoms with E-state index in [1.54, 1.807) is 17.0 Å². The van der Waals surface area contributed by atoms with Gasteiger partial charge in [-0.3, -0.25) is 9.79 Å². The molecule has 1 saturated heterocycles. The summed E-state index contributed by atoms with van der Waals surface area (Å²) in [6.45, 7) is 0.342. The lowest BCUT2D eigenvalue weighted by Crippen LogP contribution is -2.39. The molecule has 1 fully saturated rings. The maximum atomic E-state index is 13.2. The molecule has 8 nitrogen and oxygen atoms in total. The van der Waals surface area contributed by atoms with Gasteiger partial charge in [0.25, 0.3) is 12.0 Å². The number of carboxylic acids is 1. The molecule has 0 radical (unpaired) electrons. The molecule has 4 N–H and O–H groups in total. The molecule has 1 aromatic heterocycles. The number of carboxylic acid groups (broad SMARTS) is 1. The Bertz CT molecular complexity index is 1080. The fourth-order valence-corrected chi connectivity index (χ4v) is 3.38. The molecule has 0 aliphatic carbocycles. The second-order valence-electron chi connectivity index (χ2n) is 6.53. The van der Waals surface area contributed by atoms with Crippen LogP contribution in [0, 0.1) is 0 Å². The molecule has 158 valence electrons. The number of nitrogens with zero attached hydrogens (tertiary/aromatic N) is 3. The summed E-state index contributed by atoms with van der Waals surface area (Å²) in [5.41, 5.74) is 5.98. The zero-order chi connectivity index (χ0) is 21.8. The number of aliphatic imine (C=N–C) groups is 1. The molecule has 1 aliphatic rings. The van der Waals surface area contributed by atoms with Gasteiger partial charge in [0, 0.05) is 36.4 Å². The fraction of sp³-hybridized carbons (Fsp3) is 0.263. The van der Waals surface area contributed by atoms with Crippen molar-refractivity contribution in [1.82, 2.24) is 10.2 Å². The zero-order valence-corrected chi connectivity index (χ0v) is 16.4. The van der Waals surface area contributed by atoms with Crippen molar-refractivity contribution in [2.45, 2.75) is 19.4 Å². The molecule has 0 unspecified atom stereocenters. The molecular weight excluding hydrogens is 420 g/mol. The fourth-order valence-electron chi connectivity index (χ4n) is 3.17.